The van der Waals surface area contributed by atoms with Crippen LogP contribution in [0.4, 0.5) is 5.13 Å². The van der Waals surface area contributed by atoms with Gasteiger partial charge < -0.3 is 5.32 Å². The molecule has 2 heterocycles. The second-order valence-corrected chi connectivity index (χ2v) is 7.28. The van der Waals surface area contributed by atoms with Crippen LogP contribution in [0.5, 0.6) is 0 Å². The molecule has 3 rings (SSSR count). The van der Waals surface area contributed by atoms with Crippen LogP contribution in [0.1, 0.15) is 19.3 Å². The Morgan fingerprint density at radius 2 is 2.05 bits per heavy atom. The van der Waals surface area contributed by atoms with E-state index in [1.54, 1.807) is 23.3 Å². The van der Waals surface area contributed by atoms with Crippen LogP contribution >= 0.6 is 35.5 Å². The smallest absolute Gasteiger partial charge is 0.189 e. The molecule has 0 bridgehead atoms. The monoisotopic (exact) mass is 309 g/mol. The van der Waals surface area contributed by atoms with Crippen molar-refractivity contribution in [1.29, 1.82) is 0 Å². The molecular formula is C13H15N3S3. The van der Waals surface area contributed by atoms with E-state index in [1.807, 2.05) is 18.2 Å². The second-order valence-electron chi connectivity index (χ2n) is 4.48. The number of hydrogen-bond acceptors (Lipinski definition) is 5. The first-order chi connectivity index (χ1) is 9.31. The number of hydrogen-bond donors (Lipinski definition) is 1. The highest BCUT2D eigenvalue weighted by Gasteiger charge is 2.13. The molecule has 1 fully saturated rings. The molecule has 0 aliphatic carbocycles. The lowest BCUT2D eigenvalue weighted by atomic mass is 10.2. The van der Waals surface area contributed by atoms with Gasteiger partial charge in [-0.25, -0.2) is 9.29 Å². The van der Waals surface area contributed by atoms with Crippen molar-refractivity contribution in [3.8, 4) is 0 Å². The molecule has 1 N–H and O–H groups in total. The first-order valence-corrected chi connectivity index (χ1v) is 8.40. The molecule has 1 aromatic heterocycles. The number of nitrogens with one attached hydrogen (secondary N) is 1. The average Bonchev–Trinajstić information content (AvgIpc) is 2.81. The molecule has 6 heteroatoms. The largest absolute Gasteiger partial charge is 0.316 e. The normalized spacial score (nSPS) is 16.6. The topological polar surface area (TPSA) is 28.2 Å². The van der Waals surface area contributed by atoms with Crippen molar-refractivity contribution in [2.24, 2.45) is 0 Å². The van der Waals surface area contributed by atoms with Crippen molar-refractivity contribution >= 4 is 55.2 Å². The summed E-state index contributed by atoms with van der Waals surface area (Å²) in [5.41, 5.74) is 1.03. The maximum atomic E-state index is 5.40. The summed E-state index contributed by atoms with van der Waals surface area (Å²) in [6.45, 7) is 2.26. The molecular weight excluding hydrogens is 294 g/mol. The van der Waals surface area contributed by atoms with E-state index in [4.69, 9.17) is 12.2 Å². The summed E-state index contributed by atoms with van der Waals surface area (Å²) in [5, 5.41) is 4.12. The number of thiazole rings is 1. The van der Waals surface area contributed by atoms with E-state index in [0.29, 0.717) is 0 Å². The van der Waals surface area contributed by atoms with Crippen molar-refractivity contribution < 1.29 is 0 Å². The molecule has 0 saturated carbocycles. The summed E-state index contributed by atoms with van der Waals surface area (Å²) in [6, 6.07) is 8.15. The van der Waals surface area contributed by atoms with Crippen molar-refractivity contribution in [2.45, 2.75) is 19.3 Å². The number of anilines is 1. The van der Waals surface area contributed by atoms with Crippen LogP contribution in [-0.4, -0.2) is 26.7 Å². The Kier molecular flexibility index (Phi) is 4.32. The van der Waals surface area contributed by atoms with Crippen molar-refractivity contribution in [1.82, 2.24) is 9.29 Å². The Morgan fingerprint density at radius 1 is 1.26 bits per heavy atom. The van der Waals surface area contributed by atoms with Crippen LogP contribution in [0, 0.1) is 0 Å². The molecule has 2 aromatic rings. The number of piperidine rings is 1. The van der Waals surface area contributed by atoms with Crippen LogP contribution in [0.15, 0.2) is 24.3 Å². The third-order valence-electron chi connectivity index (χ3n) is 3.03. The minimum atomic E-state index is 0.793. The number of nitrogens with zero attached hydrogens (tertiary/aromatic N) is 2. The molecule has 0 spiro atoms. The van der Waals surface area contributed by atoms with Gasteiger partial charge >= 0.3 is 0 Å². The molecule has 1 aliphatic rings. The molecule has 0 radical (unpaired) electrons. The highest BCUT2D eigenvalue weighted by molar-refractivity contribution is 8.21. The van der Waals surface area contributed by atoms with Crippen molar-refractivity contribution in [3.05, 3.63) is 24.3 Å². The zero-order chi connectivity index (χ0) is 13.1. The van der Waals surface area contributed by atoms with E-state index in [1.165, 1.54) is 24.0 Å². The standard InChI is InChI=1S/C13H15N3S3/c17-13(19-16-8-4-1-5-9-16)15-12-14-10-6-2-3-7-11(10)18-12/h2-3,6-7H,1,4-5,8-9H2,(H,14,15,17). The van der Waals surface area contributed by atoms with Crippen LogP contribution in [-0.2, 0) is 0 Å². The summed E-state index contributed by atoms with van der Waals surface area (Å²) in [5.74, 6) is 0. The number of rotatable bonds is 2. The van der Waals surface area contributed by atoms with Gasteiger partial charge in [0.1, 0.15) is 0 Å². The van der Waals surface area contributed by atoms with E-state index in [9.17, 15) is 0 Å². The van der Waals surface area contributed by atoms with Gasteiger partial charge in [0.2, 0.25) is 0 Å². The molecule has 0 amide bonds. The molecule has 1 aliphatic heterocycles. The van der Waals surface area contributed by atoms with Crippen molar-refractivity contribution in [2.75, 3.05) is 18.4 Å². The fourth-order valence-corrected chi connectivity index (χ4v) is 4.34. The SMILES string of the molecule is S=C(Nc1nc2ccccc2s1)SN1CCCCC1. The number of fused-ring (bicyclic) bond motifs is 1. The lowest BCUT2D eigenvalue weighted by Crippen LogP contribution is -2.25. The van der Waals surface area contributed by atoms with E-state index in [2.05, 4.69) is 20.7 Å². The summed E-state index contributed by atoms with van der Waals surface area (Å²) in [7, 11) is 0. The van der Waals surface area contributed by atoms with E-state index < -0.39 is 0 Å². The Bertz CT molecular complexity index is 542. The zero-order valence-electron chi connectivity index (χ0n) is 10.5. The number of benzene rings is 1. The molecule has 1 aromatic carbocycles. The van der Waals surface area contributed by atoms with Crippen molar-refractivity contribution in [3.63, 3.8) is 0 Å². The molecule has 0 unspecified atom stereocenters. The van der Waals surface area contributed by atoms with Crippen LogP contribution < -0.4 is 5.32 Å². The Balaban J connectivity index is 1.62. The number of thiocarbonyl (C=S) groups is 1. The minimum Gasteiger partial charge on any atom is -0.316 e. The van der Waals surface area contributed by atoms with Gasteiger partial charge in [-0.05, 0) is 36.9 Å². The van der Waals surface area contributed by atoms with E-state index in [-0.39, 0.29) is 0 Å². The number of para-hydroxylation sites is 1. The van der Waals surface area contributed by atoms with Gasteiger partial charge in [0.25, 0.3) is 0 Å². The van der Waals surface area contributed by atoms with E-state index >= 15 is 0 Å². The lowest BCUT2D eigenvalue weighted by Gasteiger charge is -2.24. The van der Waals surface area contributed by atoms with Gasteiger partial charge in [-0.1, -0.05) is 42.1 Å². The average molecular weight is 309 g/mol. The van der Waals surface area contributed by atoms with Crippen LogP contribution in [0.3, 0.4) is 0 Å². The molecule has 3 nitrogen and oxygen atoms in total. The predicted octanol–water partition coefficient (Wildman–Crippen LogP) is 4.13. The van der Waals surface area contributed by atoms with Gasteiger partial charge in [0.15, 0.2) is 9.45 Å². The minimum absolute atomic E-state index is 0.793. The summed E-state index contributed by atoms with van der Waals surface area (Å²) in [4.78, 5) is 4.53. The third-order valence-corrected chi connectivity index (χ3v) is 5.20. The maximum Gasteiger partial charge on any atom is 0.189 e. The van der Waals surface area contributed by atoms with Crippen LogP contribution in [0.25, 0.3) is 10.2 Å². The van der Waals surface area contributed by atoms with Gasteiger partial charge in [0.05, 0.1) is 10.2 Å². The Labute approximate surface area is 126 Å². The second kappa shape index (κ2) is 6.17. The van der Waals surface area contributed by atoms with Gasteiger partial charge in [-0.15, -0.1) is 0 Å². The number of aromatic nitrogens is 1. The quantitative estimate of drug-likeness (QED) is 0.665. The van der Waals surface area contributed by atoms with Gasteiger partial charge in [-0.3, -0.25) is 0 Å². The summed E-state index contributed by atoms with van der Waals surface area (Å²) in [6.07, 6.45) is 3.89. The van der Waals surface area contributed by atoms with Crippen LogP contribution in [0.2, 0.25) is 0 Å². The fraction of sp³-hybridized carbons (Fsp3) is 0.385. The summed E-state index contributed by atoms with van der Waals surface area (Å²) >= 11 is 8.69. The Hall–Kier alpha value is -0.690. The summed E-state index contributed by atoms with van der Waals surface area (Å²) < 4.78 is 4.32. The maximum absolute atomic E-state index is 5.40. The fourth-order valence-electron chi connectivity index (χ4n) is 2.11. The first kappa shape index (κ1) is 13.3. The third kappa shape index (κ3) is 3.45. The van der Waals surface area contributed by atoms with Gasteiger partial charge in [-0.2, -0.15) is 0 Å². The molecule has 100 valence electrons. The Morgan fingerprint density at radius 3 is 2.84 bits per heavy atom. The van der Waals surface area contributed by atoms with E-state index in [0.717, 1.165) is 28.1 Å². The molecule has 0 atom stereocenters. The lowest BCUT2D eigenvalue weighted by molar-refractivity contribution is 0.383. The zero-order valence-corrected chi connectivity index (χ0v) is 12.9. The highest BCUT2D eigenvalue weighted by atomic mass is 32.2. The molecule has 19 heavy (non-hydrogen) atoms. The first-order valence-electron chi connectivity index (χ1n) is 6.41. The van der Waals surface area contributed by atoms with Gasteiger partial charge in [0, 0.05) is 13.1 Å². The molecule has 1 saturated heterocycles. The predicted molar refractivity (Wildman–Crippen MR) is 88.9 cm³/mol. The highest BCUT2D eigenvalue weighted by Crippen LogP contribution is 2.27.